The number of carboxylic acids is 1. The summed E-state index contributed by atoms with van der Waals surface area (Å²) < 4.78 is 0. The minimum Gasteiger partial charge on any atom is -0.480 e. The highest BCUT2D eigenvalue weighted by Crippen LogP contribution is 2.09. The highest BCUT2D eigenvalue weighted by atomic mass is 16.4. The van der Waals surface area contributed by atoms with Crippen LogP contribution in [-0.4, -0.2) is 101 Å². The maximum Gasteiger partial charge on any atom is 0.326 e. The molecule has 314 valence electrons. The lowest BCUT2D eigenvalue weighted by atomic mass is 9.98. The number of amides is 8. The molecule has 0 fully saturated rings. The molecule has 10 N–H and O–H groups in total. The third-order valence-corrected chi connectivity index (χ3v) is 8.66. The van der Waals surface area contributed by atoms with E-state index in [-0.39, 0.29) is 18.8 Å². The maximum absolute atomic E-state index is 13.6. The van der Waals surface area contributed by atoms with E-state index in [1.165, 1.54) is 13.8 Å². The van der Waals surface area contributed by atoms with E-state index in [4.69, 9.17) is 5.73 Å². The van der Waals surface area contributed by atoms with Gasteiger partial charge in [0.2, 0.25) is 47.3 Å². The molecule has 0 saturated carbocycles. The zero-order valence-electron chi connectivity index (χ0n) is 33.4. The number of carboxylic acid groups (broad SMARTS) is 1. The first-order chi connectivity index (χ1) is 27.3. The van der Waals surface area contributed by atoms with Gasteiger partial charge in [0, 0.05) is 25.0 Å². The normalized spacial score (nSPS) is 14.1. The summed E-state index contributed by atoms with van der Waals surface area (Å²) in [5, 5.41) is 26.7. The van der Waals surface area contributed by atoms with Gasteiger partial charge in [-0.3, -0.25) is 38.4 Å². The fraction of sp³-hybridized carbons (Fsp3) is 0.425. The predicted molar refractivity (Wildman–Crippen MR) is 212 cm³/mol. The molecule has 18 heteroatoms. The molecule has 0 aliphatic heterocycles. The maximum atomic E-state index is 13.6. The molecule has 0 radical (unpaired) electrons. The standard InChI is InChI=1S/C40H54N8O10/c1-22(2)33(35(41)52)47-39(56)34(23(3)4)48-38(55)28(19-26-13-9-7-10-14-26)46-37(54)25(6)44-31(50)18-17-30(49)43-24(5)36(53)42-21-32(51)45-29(40(57)58)20-27-15-11-8-12-16-27/h7-18,22-25,28-29,33-34H,19-21H2,1-6H3,(H2,41,52)(H,42,53)(H,43,49)(H,44,50)(H,45,51)(H,46,54)(H,47,56)(H,48,55)(H,57,58)/b18-17+/t24-,25-,28-,29-,33-,34-/m0/s1. The van der Waals surface area contributed by atoms with Gasteiger partial charge in [0.25, 0.3) is 0 Å². The summed E-state index contributed by atoms with van der Waals surface area (Å²) in [6, 6.07) is 10.5. The highest BCUT2D eigenvalue weighted by molar-refractivity contribution is 6.01. The van der Waals surface area contributed by atoms with Crippen molar-refractivity contribution < 1.29 is 48.3 Å². The average Bonchev–Trinajstić information content (AvgIpc) is 3.16. The van der Waals surface area contributed by atoms with Crippen molar-refractivity contribution in [2.24, 2.45) is 17.6 Å². The number of carbonyl (C=O) groups excluding carboxylic acids is 8. The quantitative estimate of drug-likeness (QED) is 0.0653. The second-order valence-corrected chi connectivity index (χ2v) is 14.3. The molecule has 0 aliphatic carbocycles. The third-order valence-electron chi connectivity index (χ3n) is 8.66. The molecule has 2 aromatic rings. The molecule has 8 amide bonds. The molecular formula is C40H54N8O10. The second kappa shape index (κ2) is 23.5. The van der Waals surface area contributed by atoms with E-state index in [2.05, 4.69) is 37.2 Å². The number of hydrogen-bond acceptors (Lipinski definition) is 9. The summed E-state index contributed by atoms with van der Waals surface area (Å²) in [5.41, 5.74) is 6.82. The van der Waals surface area contributed by atoms with E-state index in [1.807, 2.05) is 0 Å². The molecule has 2 rings (SSSR count). The Morgan fingerprint density at radius 3 is 1.45 bits per heavy atom. The van der Waals surface area contributed by atoms with Crippen LogP contribution >= 0.6 is 0 Å². The largest absolute Gasteiger partial charge is 0.480 e. The molecule has 0 spiro atoms. The van der Waals surface area contributed by atoms with Crippen molar-refractivity contribution in [3.8, 4) is 0 Å². The highest BCUT2D eigenvalue weighted by Gasteiger charge is 2.32. The Kier molecular flexibility index (Phi) is 19.2. The number of nitrogens with two attached hydrogens (primary N) is 1. The van der Waals surface area contributed by atoms with Gasteiger partial charge in [0.1, 0.15) is 36.3 Å². The summed E-state index contributed by atoms with van der Waals surface area (Å²) in [6.45, 7) is 8.91. The Morgan fingerprint density at radius 2 is 1.00 bits per heavy atom. The van der Waals surface area contributed by atoms with Gasteiger partial charge >= 0.3 is 5.97 Å². The number of primary amides is 1. The Balaban J connectivity index is 1.96. The van der Waals surface area contributed by atoms with Crippen LogP contribution in [0.15, 0.2) is 72.8 Å². The fourth-order valence-electron chi connectivity index (χ4n) is 5.38. The van der Waals surface area contributed by atoms with Crippen LogP contribution in [0.25, 0.3) is 0 Å². The number of carbonyl (C=O) groups is 9. The molecule has 0 aliphatic rings. The Bertz CT molecular complexity index is 1800. The minimum absolute atomic E-state index is 0.0229. The van der Waals surface area contributed by atoms with Crippen molar-refractivity contribution in [3.05, 3.63) is 83.9 Å². The molecule has 58 heavy (non-hydrogen) atoms. The fourth-order valence-corrected chi connectivity index (χ4v) is 5.38. The van der Waals surface area contributed by atoms with E-state index >= 15 is 0 Å². The molecule has 6 atom stereocenters. The summed E-state index contributed by atoms with van der Waals surface area (Å²) in [4.78, 5) is 113. The second-order valence-electron chi connectivity index (χ2n) is 14.3. The molecular weight excluding hydrogens is 752 g/mol. The van der Waals surface area contributed by atoms with E-state index in [0.29, 0.717) is 11.1 Å². The van der Waals surface area contributed by atoms with Gasteiger partial charge in [-0.2, -0.15) is 0 Å². The third kappa shape index (κ3) is 16.6. The first-order valence-corrected chi connectivity index (χ1v) is 18.7. The summed E-state index contributed by atoms with van der Waals surface area (Å²) in [6.07, 6.45) is 1.70. The van der Waals surface area contributed by atoms with Gasteiger partial charge in [-0.25, -0.2) is 4.79 Å². The van der Waals surface area contributed by atoms with E-state index < -0.39 is 102 Å². The van der Waals surface area contributed by atoms with Crippen LogP contribution < -0.4 is 43.0 Å². The van der Waals surface area contributed by atoms with E-state index in [9.17, 15) is 48.3 Å². The van der Waals surface area contributed by atoms with Crippen LogP contribution in [0, 0.1) is 11.8 Å². The van der Waals surface area contributed by atoms with Gasteiger partial charge in [-0.1, -0.05) is 88.4 Å². The topological polar surface area (TPSA) is 284 Å². The van der Waals surface area contributed by atoms with Crippen molar-refractivity contribution in [1.82, 2.24) is 37.2 Å². The zero-order chi connectivity index (χ0) is 43.5. The Hall–Kier alpha value is -6.59. The van der Waals surface area contributed by atoms with E-state index in [0.717, 1.165) is 12.2 Å². The molecule has 18 nitrogen and oxygen atoms in total. The summed E-state index contributed by atoms with van der Waals surface area (Å²) >= 11 is 0. The van der Waals surface area contributed by atoms with Crippen molar-refractivity contribution in [2.45, 2.75) is 90.6 Å². The first-order valence-electron chi connectivity index (χ1n) is 18.7. The SMILES string of the molecule is CC(C)[C@H](NC(=O)[C@@H](NC(=O)[C@H](Cc1ccccc1)NC(=O)[C@H](C)NC(=O)/C=C/C(=O)N[C@@H](C)C(=O)NCC(=O)N[C@@H](Cc1ccccc1)C(=O)O)C(C)C)C(N)=O. The minimum atomic E-state index is -1.26. The molecule has 0 bridgehead atoms. The van der Waals surface area contributed by atoms with Crippen molar-refractivity contribution in [1.29, 1.82) is 0 Å². The average molecular weight is 807 g/mol. The molecule has 0 heterocycles. The Morgan fingerprint density at radius 1 is 0.552 bits per heavy atom. The number of hydrogen-bond donors (Lipinski definition) is 9. The van der Waals surface area contributed by atoms with Gasteiger partial charge in [-0.15, -0.1) is 0 Å². The molecule has 0 aromatic heterocycles. The van der Waals surface area contributed by atoms with Crippen LogP contribution in [0.2, 0.25) is 0 Å². The summed E-state index contributed by atoms with van der Waals surface area (Å²) in [7, 11) is 0. The van der Waals surface area contributed by atoms with Gasteiger partial charge < -0.3 is 48.1 Å². The lowest BCUT2D eigenvalue weighted by molar-refractivity contribution is -0.141. The monoisotopic (exact) mass is 806 g/mol. The van der Waals surface area contributed by atoms with Crippen LogP contribution in [-0.2, 0) is 56.0 Å². The molecule has 2 aromatic carbocycles. The molecule has 0 saturated heterocycles. The molecule has 0 unspecified atom stereocenters. The van der Waals surface area contributed by atoms with Gasteiger partial charge in [-0.05, 0) is 36.8 Å². The number of aliphatic carboxylic acids is 1. The smallest absolute Gasteiger partial charge is 0.326 e. The lowest BCUT2D eigenvalue weighted by Gasteiger charge is -2.28. The number of rotatable bonds is 22. The Labute approximate surface area is 336 Å². The van der Waals surface area contributed by atoms with Crippen LogP contribution in [0.3, 0.4) is 0 Å². The number of nitrogens with one attached hydrogen (secondary N) is 7. The predicted octanol–water partition coefficient (Wildman–Crippen LogP) is -1.03. The summed E-state index contributed by atoms with van der Waals surface area (Å²) in [5.74, 6) is -8.06. The van der Waals surface area contributed by atoms with Crippen LogP contribution in [0.4, 0.5) is 0 Å². The number of benzene rings is 2. The van der Waals surface area contributed by atoms with Crippen LogP contribution in [0.5, 0.6) is 0 Å². The first kappa shape index (κ1) is 47.6. The lowest BCUT2D eigenvalue weighted by Crippen LogP contribution is -2.60. The van der Waals surface area contributed by atoms with Crippen molar-refractivity contribution >= 4 is 53.2 Å². The van der Waals surface area contributed by atoms with Crippen LogP contribution in [0.1, 0.15) is 52.7 Å². The van der Waals surface area contributed by atoms with Gasteiger partial charge in [0.15, 0.2) is 0 Å². The van der Waals surface area contributed by atoms with Crippen molar-refractivity contribution in [3.63, 3.8) is 0 Å². The van der Waals surface area contributed by atoms with Crippen molar-refractivity contribution in [2.75, 3.05) is 6.54 Å². The zero-order valence-corrected chi connectivity index (χ0v) is 33.4. The van der Waals surface area contributed by atoms with E-state index in [1.54, 1.807) is 88.4 Å². The van der Waals surface area contributed by atoms with Gasteiger partial charge in [0.05, 0.1) is 6.54 Å².